The Hall–Kier alpha value is -0.650. The van der Waals surface area contributed by atoms with Gasteiger partial charge in [-0.3, -0.25) is 9.69 Å². The van der Waals surface area contributed by atoms with Crippen molar-refractivity contribution < 1.29 is 9.53 Å². The number of carbonyl (C=O) groups is 1. The van der Waals surface area contributed by atoms with Gasteiger partial charge in [0.2, 0.25) is 0 Å². The molecule has 1 fully saturated rings. The van der Waals surface area contributed by atoms with Crippen LogP contribution in [0.15, 0.2) is 0 Å². The van der Waals surface area contributed by atoms with Crippen LogP contribution in [0.25, 0.3) is 0 Å². The molecule has 1 aliphatic rings. The summed E-state index contributed by atoms with van der Waals surface area (Å²) in [4.78, 5) is 14.9. The lowest BCUT2D eigenvalue weighted by atomic mass is 10.2. The van der Waals surface area contributed by atoms with E-state index in [4.69, 9.17) is 0 Å². The van der Waals surface area contributed by atoms with E-state index in [0.29, 0.717) is 6.47 Å². The van der Waals surface area contributed by atoms with Crippen molar-refractivity contribution in [1.82, 2.24) is 15.1 Å². The van der Waals surface area contributed by atoms with Crippen LogP contribution in [0.5, 0.6) is 0 Å². The van der Waals surface area contributed by atoms with Gasteiger partial charge in [-0.2, -0.15) is 0 Å². The predicted molar refractivity (Wildman–Crippen MR) is 102 cm³/mol. The van der Waals surface area contributed by atoms with Crippen molar-refractivity contribution in [3.63, 3.8) is 0 Å². The number of hydrogen-bond donors (Lipinski definition) is 1. The second-order valence-electron chi connectivity index (χ2n) is 7.47. The summed E-state index contributed by atoms with van der Waals surface area (Å²) < 4.78 is 4.55. The lowest BCUT2D eigenvalue weighted by Crippen LogP contribution is -2.46. The average molecular weight is 344 g/mol. The predicted octanol–water partition coefficient (Wildman–Crippen LogP) is 2.75. The molecular weight excluding hydrogens is 302 g/mol. The summed E-state index contributed by atoms with van der Waals surface area (Å²) in [5, 5.41) is 3.42. The van der Waals surface area contributed by atoms with Gasteiger partial charge in [0.15, 0.2) is 0 Å². The van der Waals surface area contributed by atoms with Crippen molar-refractivity contribution in [2.24, 2.45) is 0 Å². The van der Waals surface area contributed by atoms with E-state index in [0.717, 1.165) is 0 Å². The van der Waals surface area contributed by atoms with Crippen LogP contribution >= 0.6 is 0 Å². The van der Waals surface area contributed by atoms with E-state index < -0.39 is 0 Å². The van der Waals surface area contributed by atoms with Gasteiger partial charge >= 0.3 is 0 Å². The molecule has 0 aromatic carbocycles. The monoisotopic (exact) mass is 343 g/mol. The van der Waals surface area contributed by atoms with Gasteiger partial charge in [-0.25, -0.2) is 0 Å². The van der Waals surface area contributed by atoms with Gasteiger partial charge in [-0.15, -0.1) is 0 Å². The summed E-state index contributed by atoms with van der Waals surface area (Å²) in [6.45, 7) is 20.4. The normalized spacial score (nSPS) is 15.8. The highest BCUT2D eigenvalue weighted by Gasteiger charge is 2.11. The number of hydrogen-bond acceptors (Lipinski definition) is 5. The minimum absolute atomic E-state index is 0.318. The van der Waals surface area contributed by atoms with Crippen molar-refractivity contribution in [2.45, 2.75) is 65.9 Å². The largest absolute Gasteiger partial charge is 0.462 e. The average Bonchev–Trinajstić information content (AvgIpc) is 2.54. The zero-order valence-electron chi connectivity index (χ0n) is 16.8. The molecule has 1 heterocycles. The maximum Gasteiger partial charge on any atom is 0.293 e. The van der Waals surface area contributed by atoms with E-state index in [1.165, 1.54) is 78.0 Å². The minimum atomic E-state index is -0.318. The standard InChI is InChI=1S/C14H31N3.C5H10O2/c1-3-5-9-16(10-6-4-2)13-14-17-11-7-15-8-12-17;1-5(2,3)7-4-6/h15H,3-14H2,1-2H3;4H,1-3H3. The Bertz CT molecular complexity index is 279. The number of rotatable bonds is 10. The molecular formula is C19H41N3O2. The highest BCUT2D eigenvalue weighted by Crippen LogP contribution is 2.03. The summed E-state index contributed by atoms with van der Waals surface area (Å²) in [6, 6.07) is 0. The van der Waals surface area contributed by atoms with E-state index >= 15 is 0 Å². The number of nitrogens with zero attached hydrogens (tertiary/aromatic N) is 2. The van der Waals surface area contributed by atoms with Crippen LogP contribution in [0.1, 0.15) is 60.3 Å². The van der Waals surface area contributed by atoms with Crippen LogP contribution < -0.4 is 5.32 Å². The number of piperazine rings is 1. The van der Waals surface area contributed by atoms with Crippen molar-refractivity contribution in [1.29, 1.82) is 0 Å². The molecule has 1 aliphatic heterocycles. The Morgan fingerprint density at radius 2 is 1.58 bits per heavy atom. The van der Waals surface area contributed by atoms with Crippen LogP contribution in [0.3, 0.4) is 0 Å². The number of ether oxygens (including phenoxy) is 1. The van der Waals surface area contributed by atoms with Crippen molar-refractivity contribution >= 4 is 6.47 Å². The molecule has 24 heavy (non-hydrogen) atoms. The fourth-order valence-electron chi connectivity index (χ4n) is 2.46. The summed E-state index contributed by atoms with van der Waals surface area (Å²) in [6.07, 6.45) is 5.34. The first-order chi connectivity index (χ1) is 11.4. The first-order valence-electron chi connectivity index (χ1n) is 9.69. The molecule has 1 saturated heterocycles. The molecule has 0 aromatic rings. The zero-order valence-corrected chi connectivity index (χ0v) is 16.8. The van der Waals surface area contributed by atoms with Crippen LogP contribution in [0.2, 0.25) is 0 Å². The van der Waals surface area contributed by atoms with E-state index in [-0.39, 0.29) is 5.60 Å². The van der Waals surface area contributed by atoms with Gasteiger partial charge in [0.1, 0.15) is 5.60 Å². The summed E-state index contributed by atoms with van der Waals surface area (Å²) in [7, 11) is 0. The highest BCUT2D eigenvalue weighted by molar-refractivity contribution is 5.37. The van der Waals surface area contributed by atoms with Gasteiger partial charge in [0.05, 0.1) is 0 Å². The molecule has 0 aliphatic carbocycles. The molecule has 0 unspecified atom stereocenters. The Labute approximate surface area is 150 Å². The first kappa shape index (κ1) is 23.4. The Balaban J connectivity index is 0.000000640. The number of unbranched alkanes of at least 4 members (excludes halogenated alkanes) is 2. The van der Waals surface area contributed by atoms with Gasteiger partial charge in [0, 0.05) is 39.3 Å². The maximum absolute atomic E-state index is 9.60. The van der Waals surface area contributed by atoms with E-state index in [9.17, 15) is 4.79 Å². The van der Waals surface area contributed by atoms with Crippen LogP contribution in [-0.2, 0) is 9.53 Å². The Morgan fingerprint density at radius 3 is 1.96 bits per heavy atom. The number of carbonyl (C=O) groups excluding carboxylic acids is 1. The lowest BCUT2D eigenvalue weighted by molar-refractivity contribution is -0.138. The highest BCUT2D eigenvalue weighted by atomic mass is 16.5. The quantitative estimate of drug-likeness (QED) is 0.618. The third-order valence-corrected chi connectivity index (χ3v) is 4.00. The maximum atomic E-state index is 9.60. The molecule has 1 N–H and O–H groups in total. The van der Waals surface area contributed by atoms with E-state index in [1.54, 1.807) is 0 Å². The van der Waals surface area contributed by atoms with Crippen LogP contribution in [-0.4, -0.2) is 74.2 Å². The van der Waals surface area contributed by atoms with Crippen LogP contribution in [0.4, 0.5) is 0 Å². The molecule has 0 radical (unpaired) electrons. The Kier molecular flexibility index (Phi) is 14.3. The van der Waals surface area contributed by atoms with Gasteiger partial charge < -0.3 is 15.0 Å². The van der Waals surface area contributed by atoms with E-state index in [1.807, 2.05) is 20.8 Å². The second kappa shape index (κ2) is 14.7. The molecule has 5 heteroatoms. The lowest BCUT2D eigenvalue weighted by Gasteiger charge is -2.30. The topological polar surface area (TPSA) is 44.8 Å². The summed E-state index contributed by atoms with van der Waals surface area (Å²) in [5.41, 5.74) is -0.318. The van der Waals surface area contributed by atoms with Crippen molar-refractivity contribution in [2.75, 3.05) is 52.4 Å². The zero-order chi connectivity index (χ0) is 18.3. The minimum Gasteiger partial charge on any atom is -0.462 e. The first-order valence-corrected chi connectivity index (χ1v) is 9.69. The molecule has 144 valence electrons. The van der Waals surface area contributed by atoms with Gasteiger partial charge in [-0.05, 0) is 46.7 Å². The fourth-order valence-corrected chi connectivity index (χ4v) is 2.46. The van der Waals surface area contributed by atoms with Crippen molar-refractivity contribution in [3.8, 4) is 0 Å². The smallest absolute Gasteiger partial charge is 0.293 e. The molecule has 0 bridgehead atoms. The molecule has 0 atom stereocenters. The molecule has 0 spiro atoms. The Morgan fingerprint density at radius 1 is 1.04 bits per heavy atom. The molecule has 0 aromatic heterocycles. The summed E-state index contributed by atoms with van der Waals surface area (Å²) >= 11 is 0. The number of nitrogens with one attached hydrogen (secondary N) is 1. The SMILES string of the molecule is CC(C)(C)OC=O.CCCCN(CCCC)CCN1CCNCC1. The van der Waals surface area contributed by atoms with Crippen LogP contribution in [0, 0.1) is 0 Å². The molecule has 0 saturated carbocycles. The van der Waals surface area contributed by atoms with Gasteiger partial charge in [0.25, 0.3) is 6.47 Å². The fraction of sp³-hybridized carbons (Fsp3) is 0.947. The molecule has 1 rings (SSSR count). The third kappa shape index (κ3) is 14.9. The van der Waals surface area contributed by atoms with Gasteiger partial charge in [-0.1, -0.05) is 26.7 Å². The summed E-state index contributed by atoms with van der Waals surface area (Å²) in [5.74, 6) is 0. The van der Waals surface area contributed by atoms with Crippen molar-refractivity contribution in [3.05, 3.63) is 0 Å². The molecule has 5 nitrogen and oxygen atoms in total. The molecule has 0 amide bonds. The van der Waals surface area contributed by atoms with E-state index in [2.05, 4.69) is 33.7 Å². The third-order valence-electron chi connectivity index (χ3n) is 4.00. The second-order valence-corrected chi connectivity index (χ2v) is 7.47.